The number of para-hydroxylation sites is 3. The third kappa shape index (κ3) is 4.89. The minimum Gasteiger partial charge on any atom is -0.483 e. The SMILES string of the molecule is O=C(COc1ccccc1-c1ccccc1)NNC(=O)c1ccc(-n2cnc3ccccc32)cc1. The highest BCUT2D eigenvalue weighted by atomic mass is 16.5. The number of ether oxygens (including phenoxy) is 1. The zero-order chi connectivity index (χ0) is 24.0. The monoisotopic (exact) mass is 462 g/mol. The average Bonchev–Trinajstić information content (AvgIpc) is 3.35. The summed E-state index contributed by atoms with van der Waals surface area (Å²) in [5.41, 5.74) is 9.86. The van der Waals surface area contributed by atoms with Gasteiger partial charge in [-0.2, -0.15) is 0 Å². The molecule has 0 radical (unpaired) electrons. The van der Waals surface area contributed by atoms with Crippen molar-refractivity contribution in [3.8, 4) is 22.6 Å². The Labute approximate surface area is 202 Å². The van der Waals surface area contributed by atoms with Gasteiger partial charge >= 0.3 is 0 Å². The largest absolute Gasteiger partial charge is 0.483 e. The second-order valence-corrected chi connectivity index (χ2v) is 7.80. The molecule has 0 aliphatic heterocycles. The van der Waals surface area contributed by atoms with Gasteiger partial charge in [-0.25, -0.2) is 4.98 Å². The number of hydrazine groups is 1. The Kier molecular flexibility index (Phi) is 6.21. The summed E-state index contributed by atoms with van der Waals surface area (Å²) in [5, 5.41) is 0. The van der Waals surface area contributed by atoms with E-state index in [0.29, 0.717) is 11.3 Å². The highest BCUT2D eigenvalue weighted by Crippen LogP contribution is 2.29. The quantitative estimate of drug-likeness (QED) is 0.363. The first kappa shape index (κ1) is 21.9. The van der Waals surface area contributed by atoms with Gasteiger partial charge in [0.1, 0.15) is 12.1 Å². The lowest BCUT2D eigenvalue weighted by Gasteiger charge is -2.12. The number of benzene rings is 4. The van der Waals surface area contributed by atoms with Crippen LogP contribution in [0.25, 0.3) is 27.8 Å². The van der Waals surface area contributed by atoms with Gasteiger partial charge in [0.05, 0.1) is 11.0 Å². The molecule has 4 aromatic carbocycles. The maximum Gasteiger partial charge on any atom is 0.276 e. The lowest BCUT2D eigenvalue weighted by Crippen LogP contribution is -2.43. The van der Waals surface area contributed by atoms with Crippen molar-refractivity contribution in [3.63, 3.8) is 0 Å². The predicted octanol–water partition coefficient (Wildman–Crippen LogP) is 4.53. The van der Waals surface area contributed by atoms with Crippen LogP contribution < -0.4 is 15.6 Å². The van der Waals surface area contributed by atoms with E-state index in [1.165, 1.54) is 0 Å². The topological polar surface area (TPSA) is 85.3 Å². The zero-order valence-electron chi connectivity index (χ0n) is 18.7. The predicted molar refractivity (Wildman–Crippen MR) is 134 cm³/mol. The van der Waals surface area contributed by atoms with Gasteiger partial charge < -0.3 is 4.74 Å². The number of hydrogen-bond donors (Lipinski definition) is 2. The Bertz CT molecular complexity index is 1480. The molecule has 7 nitrogen and oxygen atoms in total. The highest BCUT2D eigenvalue weighted by molar-refractivity contribution is 5.95. The molecule has 5 aromatic rings. The van der Waals surface area contributed by atoms with Crippen LogP contribution in [-0.4, -0.2) is 28.0 Å². The molecule has 7 heteroatoms. The van der Waals surface area contributed by atoms with Crippen molar-refractivity contribution < 1.29 is 14.3 Å². The number of imidazole rings is 1. The van der Waals surface area contributed by atoms with Crippen molar-refractivity contribution in [1.29, 1.82) is 0 Å². The molecule has 2 amide bonds. The van der Waals surface area contributed by atoms with Crippen molar-refractivity contribution in [2.45, 2.75) is 0 Å². The van der Waals surface area contributed by atoms with Gasteiger partial charge in [-0.15, -0.1) is 0 Å². The summed E-state index contributed by atoms with van der Waals surface area (Å²) in [6.45, 7) is -0.239. The molecule has 0 saturated carbocycles. The van der Waals surface area contributed by atoms with Crippen molar-refractivity contribution in [2.75, 3.05) is 6.61 Å². The number of aromatic nitrogens is 2. The molecule has 0 saturated heterocycles. The molecule has 1 heterocycles. The number of nitrogens with one attached hydrogen (secondary N) is 2. The third-order valence-electron chi connectivity index (χ3n) is 5.51. The van der Waals surface area contributed by atoms with Gasteiger partial charge in [-0.05, 0) is 48.0 Å². The molecule has 0 aliphatic carbocycles. The molecule has 35 heavy (non-hydrogen) atoms. The number of fused-ring (bicyclic) bond motifs is 1. The molecule has 1 aromatic heterocycles. The molecular formula is C28H22N4O3. The van der Waals surface area contributed by atoms with Crippen LogP contribution in [0.1, 0.15) is 10.4 Å². The van der Waals surface area contributed by atoms with E-state index in [9.17, 15) is 9.59 Å². The van der Waals surface area contributed by atoms with E-state index in [1.54, 1.807) is 24.5 Å². The molecule has 5 rings (SSSR count). The summed E-state index contributed by atoms with van der Waals surface area (Å²) in [7, 11) is 0. The summed E-state index contributed by atoms with van der Waals surface area (Å²) < 4.78 is 7.66. The van der Waals surface area contributed by atoms with Gasteiger partial charge in [-0.3, -0.25) is 25.0 Å². The summed E-state index contributed by atoms with van der Waals surface area (Å²) in [5.74, 6) is -0.310. The Morgan fingerprint density at radius 1 is 0.771 bits per heavy atom. The maximum absolute atomic E-state index is 12.5. The van der Waals surface area contributed by atoms with Crippen LogP contribution in [0.5, 0.6) is 5.75 Å². The summed E-state index contributed by atoms with van der Waals surface area (Å²) in [6, 6.07) is 32.1. The number of amides is 2. The smallest absolute Gasteiger partial charge is 0.276 e. The van der Waals surface area contributed by atoms with E-state index < -0.39 is 11.8 Å². The molecule has 0 atom stereocenters. The van der Waals surface area contributed by atoms with E-state index in [4.69, 9.17) is 4.74 Å². The first-order valence-electron chi connectivity index (χ1n) is 11.1. The van der Waals surface area contributed by atoms with E-state index >= 15 is 0 Å². The molecule has 0 spiro atoms. The van der Waals surface area contributed by atoms with Crippen LogP contribution >= 0.6 is 0 Å². The minimum atomic E-state index is -0.470. The van der Waals surface area contributed by atoms with Crippen molar-refractivity contribution in [1.82, 2.24) is 20.4 Å². The zero-order valence-corrected chi connectivity index (χ0v) is 18.7. The standard InChI is InChI=1S/C28H22N4O3/c33-27(18-35-26-13-7-4-10-23(26)20-8-2-1-3-9-20)30-31-28(34)21-14-16-22(17-15-21)32-19-29-24-11-5-6-12-25(24)32/h1-17,19H,18H2,(H,30,33)(H,31,34). The number of carbonyl (C=O) groups is 2. The van der Waals surface area contributed by atoms with E-state index in [2.05, 4.69) is 15.8 Å². The van der Waals surface area contributed by atoms with Crippen LogP contribution in [0.4, 0.5) is 0 Å². The minimum absolute atomic E-state index is 0.239. The van der Waals surface area contributed by atoms with Crippen LogP contribution in [0.15, 0.2) is 109 Å². The fourth-order valence-electron chi connectivity index (χ4n) is 3.77. The van der Waals surface area contributed by atoms with Gasteiger partial charge in [0.15, 0.2) is 6.61 Å². The molecule has 0 bridgehead atoms. The fourth-order valence-corrected chi connectivity index (χ4v) is 3.77. The molecular weight excluding hydrogens is 440 g/mol. The molecule has 0 unspecified atom stereocenters. The van der Waals surface area contributed by atoms with E-state index in [1.807, 2.05) is 89.5 Å². The highest BCUT2D eigenvalue weighted by Gasteiger charge is 2.11. The molecule has 0 aliphatic rings. The number of rotatable bonds is 6. The van der Waals surface area contributed by atoms with Crippen molar-refractivity contribution in [2.24, 2.45) is 0 Å². The second-order valence-electron chi connectivity index (χ2n) is 7.80. The van der Waals surface area contributed by atoms with Crippen molar-refractivity contribution in [3.05, 3.63) is 115 Å². The Hall–Kier alpha value is -4.91. The molecule has 172 valence electrons. The van der Waals surface area contributed by atoms with E-state index in [-0.39, 0.29) is 6.61 Å². The van der Waals surface area contributed by atoms with Crippen LogP contribution in [0, 0.1) is 0 Å². The molecule has 0 fully saturated rings. The first-order valence-corrected chi connectivity index (χ1v) is 11.1. The number of hydrogen-bond acceptors (Lipinski definition) is 4. The maximum atomic E-state index is 12.5. The second kappa shape index (κ2) is 9.93. The van der Waals surface area contributed by atoms with E-state index in [0.717, 1.165) is 27.8 Å². The summed E-state index contributed by atoms with van der Waals surface area (Å²) in [4.78, 5) is 29.1. The number of carbonyl (C=O) groups excluding carboxylic acids is 2. The summed E-state index contributed by atoms with van der Waals surface area (Å²) >= 11 is 0. The lowest BCUT2D eigenvalue weighted by molar-refractivity contribution is -0.123. The van der Waals surface area contributed by atoms with Crippen LogP contribution in [0.3, 0.4) is 0 Å². The lowest BCUT2D eigenvalue weighted by atomic mass is 10.1. The van der Waals surface area contributed by atoms with Gasteiger partial charge in [-0.1, -0.05) is 60.7 Å². The fraction of sp³-hybridized carbons (Fsp3) is 0.0357. The van der Waals surface area contributed by atoms with Crippen molar-refractivity contribution >= 4 is 22.8 Å². The Morgan fingerprint density at radius 3 is 2.31 bits per heavy atom. The Morgan fingerprint density at radius 2 is 1.49 bits per heavy atom. The van der Waals surface area contributed by atoms with Gasteiger partial charge in [0.2, 0.25) is 0 Å². The average molecular weight is 463 g/mol. The summed E-state index contributed by atoms with van der Waals surface area (Å²) in [6.07, 6.45) is 1.75. The van der Waals surface area contributed by atoms with Crippen LogP contribution in [0.2, 0.25) is 0 Å². The van der Waals surface area contributed by atoms with Gasteiger partial charge in [0.25, 0.3) is 11.8 Å². The van der Waals surface area contributed by atoms with Gasteiger partial charge in [0, 0.05) is 16.8 Å². The Balaban J connectivity index is 1.17. The van der Waals surface area contributed by atoms with Crippen LogP contribution in [-0.2, 0) is 4.79 Å². The third-order valence-corrected chi connectivity index (χ3v) is 5.51. The number of nitrogens with zero attached hydrogens (tertiary/aromatic N) is 2. The first-order chi connectivity index (χ1) is 17.2. The molecule has 2 N–H and O–H groups in total. The normalized spacial score (nSPS) is 10.6.